The fourth-order valence-corrected chi connectivity index (χ4v) is 5.80. The lowest BCUT2D eigenvalue weighted by molar-refractivity contribution is -0.190. The number of halogens is 3. The summed E-state index contributed by atoms with van der Waals surface area (Å²) in [6.07, 6.45) is 0.116. The SMILES string of the molecule is CC(C)(C)C(=O)[C@H](C(=O)C(F)(F)F)C12CC3CC(CC(C3)C1)C2. The Morgan fingerprint density at radius 3 is 1.57 bits per heavy atom. The van der Waals surface area contributed by atoms with Crippen LogP contribution in [0.25, 0.3) is 0 Å². The highest BCUT2D eigenvalue weighted by Gasteiger charge is 2.62. The molecule has 23 heavy (non-hydrogen) atoms. The van der Waals surface area contributed by atoms with Gasteiger partial charge in [-0.05, 0) is 61.7 Å². The van der Waals surface area contributed by atoms with Crippen LogP contribution >= 0.6 is 0 Å². The molecule has 4 rings (SSSR count). The second-order valence-corrected chi connectivity index (χ2v) is 9.19. The maximum atomic E-state index is 13.2. The third-order valence-electron chi connectivity index (χ3n) is 6.24. The number of Topliss-reactive ketones (excluding diaryl/α,β-unsaturated/α-hetero) is 2. The van der Waals surface area contributed by atoms with Crippen LogP contribution in [-0.2, 0) is 9.59 Å². The Bertz CT molecular complexity index is 466. The maximum absolute atomic E-state index is 13.2. The molecule has 4 bridgehead atoms. The molecule has 0 aromatic rings. The van der Waals surface area contributed by atoms with E-state index in [-0.39, 0.29) is 0 Å². The van der Waals surface area contributed by atoms with Gasteiger partial charge in [0.25, 0.3) is 0 Å². The third kappa shape index (κ3) is 2.85. The summed E-state index contributed by atoms with van der Waals surface area (Å²) in [5, 5.41) is 0. The van der Waals surface area contributed by atoms with Crippen LogP contribution in [0.5, 0.6) is 0 Å². The zero-order valence-corrected chi connectivity index (χ0v) is 14.0. The van der Waals surface area contributed by atoms with E-state index in [0.29, 0.717) is 37.0 Å². The summed E-state index contributed by atoms with van der Waals surface area (Å²) < 4.78 is 39.7. The van der Waals surface area contributed by atoms with Gasteiger partial charge in [0.2, 0.25) is 5.78 Å². The summed E-state index contributed by atoms with van der Waals surface area (Å²) >= 11 is 0. The Hall–Kier alpha value is -0.870. The molecule has 1 atom stereocenters. The van der Waals surface area contributed by atoms with Crippen molar-refractivity contribution in [2.45, 2.75) is 65.5 Å². The van der Waals surface area contributed by atoms with Crippen molar-refractivity contribution < 1.29 is 22.8 Å². The van der Waals surface area contributed by atoms with E-state index in [0.717, 1.165) is 19.3 Å². The third-order valence-corrected chi connectivity index (χ3v) is 6.24. The summed E-state index contributed by atoms with van der Waals surface area (Å²) in [6.45, 7) is 4.85. The van der Waals surface area contributed by atoms with Crippen LogP contribution in [0.3, 0.4) is 0 Å². The van der Waals surface area contributed by atoms with Crippen LogP contribution in [0.1, 0.15) is 59.3 Å². The standard InChI is InChI=1S/C18H25F3O2/c1-16(2,3)14(22)13(15(23)18(19,20)21)17-7-10-4-11(8-17)6-12(5-10)9-17/h10-13H,4-9H2,1-3H3/t10?,11?,12?,13-,17?/m1/s1. The lowest BCUT2D eigenvalue weighted by atomic mass is 9.45. The van der Waals surface area contributed by atoms with E-state index in [2.05, 4.69) is 0 Å². The van der Waals surface area contributed by atoms with Gasteiger partial charge in [0.1, 0.15) is 5.78 Å². The molecule has 130 valence electrons. The van der Waals surface area contributed by atoms with E-state index >= 15 is 0 Å². The van der Waals surface area contributed by atoms with Crippen LogP contribution in [-0.4, -0.2) is 17.7 Å². The van der Waals surface area contributed by atoms with Gasteiger partial charge < -0.3 is 0 Å². The van der Waals surface area contributed by atoms with E-state index < -0.39 is 34.5 Å². The van der Waals surface area contributed by atoms with Crippen molar-refractivity contribution >= 4 is 11.6 Å². The summed E-state index contributed by atoms with van der Waals surface area (Å²) in [5.74, 6) is -2.63. The molecule has 0 aliphatic heterocycles. The number of carbonyl (C=O) groups excluding carboxylic acids is 2. The van der Waals surface area contributed by atoms with Gasteiger partial charge in [-0.25, -0.2) is 0 Å². The van der Waals surface area contributed by atoms with Crippen molar-refractivity contribution in [1.82, 2.24) is 0 Å². The van der Waals surface area contributed by atoms with E-state index in [1.165, 1.54) is 0 Å². The normalized spacial score (nSPS) is 37.7. The minimum atomic E-state index is -4.94. The van der Waals surface area contributed by atoms with Gasteiger partial charge in [-0.3, -0.25) is 9.59 Å². The molecular weight excluding hydrogens is 305 g/mol. The largest absolute Gasteiger partial charge is 0.450 e. The average molecular weight is 330 g/mol. The zero-order valence-electron chi connectivity index (χ0n) is 14.0. The molecule has 4 saturated carbocycles. The molecule has 0 heterocycles. The van der Waals surface area contributed by atoms with Crippen LogP contribution in [0.15, 0.2) is 0 Å². The number of alkyl halides is 3. The highest BCUT2D eigenvalue weighted by atomic mass is 19.4. The molecule has 2 nitrogen and oxygen atoms in total. The fraction of sp³-hybridized carbons (Fsp3) is 0.889. The van der Waals surface area contributed by atoms with E-state index in [4.69, 9.17) is 0 Å². The van der Waals surface area contributed by atoms with E-state index in [1.54, 1.807) is 20.8 Å². The van der Waals surface area contributed by atoms with Crippen LogP contribution in [0.4, 0.5) is 13.2 Å². The second-order valence-electron chi connectivity index (χ2n) is 9.19. The Balaban J connectivity index is 2.02. The van der Waals surface area contributed by atoms with E-state index in [1.807, 2.05) is 0 Å². The molecule has 0 spiro atoms. The van der Waals surface area contributed by atoms with Crippen molar-refractivity contribution in [2.24, 2.45) is 34.5 Å². The molecular formula is C18H25F3O2. The summed E-state index contributed by atoms with van der Waals surface area (Å²) in [6, 6.07) is 0. The molecule has 0 saturated heterocycles. The first-order valence-electron chi connectivity index (χ1n) is 8.58. The molecule has 0 aromatic carbocycles. The Labute approximate surface area is 135 Å². The van der Waals surface area contributed by atoms with Crippen LogP contribution in [0, 0.1) is 34.5 Å². The maximum Gasteiger partial charge on any atom is 0.450 e. The molecule has 4 aliphatic rings. The van der Waals surface area contributed by atoms with Crippen molar-refractivity contribution in [3.05, 3.63) is 0 Å². The van der Waals surface area contributed by atoms with Gasteiger partial charge in [-0.15, -0.1) is 0 Å². The van der Waals surface area contributed by atoms with Crippen LogP contribution < -0.4 is 0 Å². The first-order valence-corrected chi connectivity index (χ1v) is 8.58. The first-order chi connectivity index (χ1) is 10.4. The quantitative estimate of drug-likeness (QED) is 0.711. The van der Waals surface area contributed by atoms with Gasteiger partial charge in [-0.2, -0.15) is 13.2 Å². The minimum absolute atomic E-state index is 0.401. The molecule has 0 unspecified atom stereocenters. The van der Waals surface area contributed by atoms with Gasteiger partial charge in [0.05, 0.1) is 5.92 Å². The smallest absolute Gasteiger partial charge is 0.298 e. The van der Waals surface area contributed by atoms with Crippen molar-refractivity contribution in [3.63, 3.8) is 0 Å². The number of hydrogen-bond acceptors (Lipinski definition) is 2. The molecule has 0 aromatic heterocycles. The molecule has 0 radical (unpaired) electrons. The average Bonchev–Trinajstić information content (AvgIpc) is 2.34. The predicted molar refractivity (Wildman–Crippen MR) is 79.6 cm³/mol. The second kappa shape index (κ2) is 5.06. The zero-order chi connectivity index (χ0) is 17.2. The van der Waals surface area contributed by atoms with Crippen molar-refractivity contribution in [1.29, 1.82) is 0 Å². The van der Waals surface area contributed by atoms with Gasteiger partial charge >= 0.3 is 6.18 Å². The molecule has 4 aliphatic carbocycles. The van der Waals surface area contributed by atoms with Gasteiger partial charge in [0, 0.05) is 5.41 Å². The summed E-state index contributed by atoms with van der Waals surface area (Å²) in [4.78, 5) is 25.1. The molecule has 5 heteroatoms. The Morgan fingerprint density at radius 2 is 1.26 bits per heavy atom. The topological polar surface area (TPSA) is 34.1 Å². The summed E-state index contributed by atoms with van der Waals surface area (Å²) in [5.41, 5.74) is -1.68. The Morgan fingerprint density at radius 1 is 0.870 bits per heavy atom. The first kappa shape index (κ1) is 17.0. The Kier molecular flexibility index (Phi) is 3.73. The van der Waals surface area contributed by atoms with Gasteiger partial charge in [0.15, 0.2) is 0 Å². The summed E-state index contributed by atoms with van der Waals surface area (Å²) in [7, 11) is 0. The number of hydrogen-bond donors (Lipinski definition) is 0. The highest BCUT2D eigenvalue weighted by molar-refractivity contribution is 6.07. The monoisotopic (exact) mass is 330 g/mol. The molecule has 0 amide bonds. The van der Waals surface area contributed by atoms with Crippen molar-refractivity contribution in [3.8, 4) is 0 Å². The molecule has 4 fully saturated rings. The number of rotatable bonds is 3. The highest BCUT2D eigenvalue weighted by Crippen LogP contribution is 2.64. The fourth-order valence-electron chi connectivity index (χ4n) is 5.80. The number of ketones is 2. The van der Waals surface area contributed by atoms with Crippen LogP contribution in [0.2, 0.25) is 0 Å². The van der Waals surface area contributed by atoms with Crippen molar-refractivity contribution in [2.75, 3.05) is 0 Å². The lowest BCUT2D eigenvalue weighted by Gasteiger charge is -2.59. The lowest BCUT2D eigenvalue weighted by Crippen LogP contribution is -2.57. The predicted octanol–water partition coefficient (Wildman–Crippen LogP) is 4.57. The number of carbonyl (C=O) groups is 2. The van der Waals surface area contributed by atoms with E-state index in [9.17, 15) is 22.8 Å². The molecule has 0 N–H and O–H groups in total. The minimum Gasteiger partial charge on any atom is -0.298 e. The van der Waals surface area contributed by atoms with Gasteiger partial charge in [-0.1, -0.05) is 20.8 Å².